The Kier molecular flexibility index (Phi) is 6.37. The molecule has 0 atom stereocenters. The first-order chi connectivity index (χ1) is 15.0. The number of aryl methyl sites for hydroxylation is 1. The van der Waals surface area contributed by atoms with Crippen molar-refractivity contribution in [3.8, 4) is 5.75 Å². The summed E-state index contributed by atoms with van der Waals surface area (Å²) in [5.74, 6) is 0.353. The lowest BCUT2D eigenvalue weighted by Crippen LogP contribution is -2.15. The number of methoxy groups -OCH3 is 1. The number of non-ortho nitro benzene ring substituents is 1. The van der Waals surface area contributed by atoms with Crippen LogP contribution in [-0.4, -0.2) is 28.9 Å². The van der Waals surface area contributed by atoms with Crippen molar-refractivity contribution in [2.45, 2.75) is 16.7 Å². The topological polar surface area (TPSA) is 145 Å². The second-order valence-corrected chi connectivity index (χ2v) is 10.1. The van der Waals surface area contributed by atoms with Crippen LogP contribution in [0.1, 0.15) is 5.56 Å². The molecule has 0 aliphatic carbocycles. The van der Waals surface area contributed by atoms with E-state index in [4.69, 9.17) is 4.74 Å². The summed E-state index contributed by atoms with van der Waals surface area (Å²) in [4.78, 5) is 9.82. The Morgan fingerprint density at radius 3 is 1.88 bits per heavy atom. The number of anilines is 2. The summed E-state index contributed by atoms with van der Waals surface area (Å²) >= 11 is 0. The van der Waals surface area contributed by atoms with Crippen LogP contribution >= 0.6 is 0 Å². The predicted molar refractivity (Wildman–Crippen MR) is 119 cm³/mol. The molecule has 0 unspecified atom stereocenters. The van der Waals surface area contributed by atoms with E-state index in [1.807, 2.05) is 6.92 Å². The molecular weight excluding hydrogens is 458 g/mol. The summed E-state index contributed by atoms with van der Waals surface area (Å²) in [6.45, 7) is 1.81. The van der Waals surface area contributed by atoms with Crippen molar-refractivity contribution in [3.05, 3.63) is 82.4 Å². The second-order valence-electron chi connectivity index (χ2n) is 6.69. The molecule has 168 valence electrons. The molecule has 0 spiro atoms. The van der Waals surface area contributed by atoms with Crippen LogP contribution in [0.25, 0.3) is 0 Å². The van der Waals surface area contributed by atoms with Gasteiger partial charge in [-0.25, -0.2) is 16.8 Å². The van der Waals surface area contributed by atoms with E-state index in [-0.39, 0.29) is 26.9 Å². The first-order valence-corrected chi connectivity index (χ1v) is 12.0. The first-order valence-electron chi connectivity index (χ1n) is 9.07. The van der Waals surface area contributed by atoms with Crippen LogP contribution in [0.5, 0.6) is 5.75 Å². The van der Waals surface area contributed by atoms with Crippen molar-refractivity contribution in [1.29, 1.82) is 0 Å². The van der Waals surface area contributed by atoms with Crippen LogP contribution in [0.15, 0.2) is 76.5 Å². The molecule has 10 nitrogen and oxygen atoms in total. The van der Waals surface area contributed by atoms with E-state index in [0.717, 1.165) is 29.8 Å². The van der Waals surface area contributed by atoms with E-state index in [1.165, 1.54) is 31.4 Å². The number of nitro groups is 1. The maximum Gasteiger partial charge on any atom is 0.269 e. The van der Waals surface area contributed by atoms with Gasteiger partial charge in [0.1, 0.15) is 5.75 Å². The van der Waals surface area contributed by atoms with Crippen molar-refractivity contribution in [1.82, 2.24) is 0 Å². The average molecular weight is 478 g/mol. The third kappa shape index (κ3) is 5.15. The first kappa shape index (κ1) is 23.0. The van der Waals surface area contributed by atoms with Gasteiger partial charge in [-0.1, -0.05) is 6.07 Å². The monoisotopic (exact) mass is 477 g/mol. The molecule has 12 heteroatoms. The summed E-state index contributed by atoms with van der Waals surface area (Å²) in [5.41, 5.74) is 0.988. The maximum absolute atomic E-state index is 12.7. The third-order valence-corrected chi connectivity index (χ3v) is 7.15. The Labute approximate surface area is 185 Å². The number of nitrogens with zero attached hydrogens (tertiary/aromatic N) is 1. The highest BCUT2D eigenvalue weighted by molar-refractivity contribution is 7.93. The molecule has 0 saturated carbocycles. The van der Waals surface area contributed by atoms with Gasteiger partial charge in [0.15, 0.2) is 0 Å². The van der Waals surface area contributed by atoms with Gasteiger partial charge in [-0.2, -0.15) is 0 Å². The van der Waals surface area contributed by atoms with Crippen molar-refractivity contribution in [2.24, 2.45) is 0 Å². The summed E-state index contributed by atoms with van der Waals surface area (Å²) in [6.07, 6.45) is 0. The summed E-state index contributed by atoms with van der Waals surface area (Å²) in [6, 6.07) is 14.5. The quantitative estimate of drug-likeness (QED) is 0.373. The molecule has 0 saturated heterocycles. The van der Waals surface area contributed by atoms with Crippen molar-refractivity contribution in [2.75, 3.05) is 16.6 Å². The van der Waals surface area contributed by atoms with E-state index in [0.29, 0.717) is 5.75 Å². The van der Waals surface area contributed by atoms with Crippen molar-refractivity contribution >= 4 is 37.1 Å². The fourth-order valence-corrected chi connectivity index (χ4v) is 4.89. The minimum Gasteiger partial charge on any atom is -0.495 e. The van der Waals surface area contributed by atoms with Gasteiger partial charge in [-0.15, -0.1) is 0 Å². The van der Waals surface area contributed by atoms with E-state index >= 15 is 0 Å². The predicted octanol–water partition coefficient (Wildman–Crippen LogP) is 3.51. The number of rotatable bonds is 8. The van der Waals surface area contributed by atoms with Gasteiger partial charge < -0.3 is 4.74 Å². The second kappa shape index (κ2) is 8.85. The van der Waals surface area contributed by atoms with E-state index < -0.39 is 25.0 Å². The Morgan fingerprint density at radius 1 is 0.812 bits per heavy atom. The number of hydrogen-bond donors (Lipinski definition) is 2. The molecular formula is C20H19N3O7S2. The molecule has 0 heterocycles. The largest absolute Gasteiger partial charge is 0.495 e. The fourth-order valence-electron chi connectivity index (χ4n) is 2.77. The van der Waals surface area contributed by atoms with E-state index in [2.05, 4.69) is 9.44 Å². The van der Waals surface area contributed by atoms with Crippen LogP contribution in [-0.2, 0) is 20.0 Å². The van der Waals surface area contributed by atoms with Crippen LogP contribution in [0.4, 0.5) is 17.1 Å². The number of nitrogens with one attached hydrogen (secondary N) is 2. The maximum atomic E-state index is 12.7. The summed E-state index contributed by atoms with van der Waals surface area (Å²) in [7, 11) is -6.56. The van der Waals surface area contributed by atoms with Crippen molar-refractivity contribution in [3.63, 3.8) is 0 Å². The highest BCUT2D eigenvalue weighted by atomic mass is 32.2. The minimum atomic E-state index is -4.02. The number of hydrogen-bond acceptors (Lipinski definition) is 7. The average Bonchev–Trinajstić information content (AvgIpc) is 2.74. The molecule has 0 aliphatic heterocycles. The van der Waals surface area contributed by atoms with Gasteiger partial charge in [0, 0.05) is 17.8 Å². The molecule has 0 aliphatic rings. The normalized spacial score (nSPS) is 11.6. The Balaban J connectivity index is 1.79. The van der Waals surface area contributed by atoms with Gasteiger partial charge in [0.25, 0.3) is 25.7 Å². The Morgan fingerprint density at radius 2 is 1.34 bits per heavy atom. The summed E-state index contributed by atoms with van der Waals surface area (Å²) < 4.78 is 60.4. The van der Waals surface area contributed by atoms with Gasteiger partial charge in [-0.3, -0.25) is 19.6 Å². The lowest BCUT2D eigenvalue weighted by molar-refractivity contribution is -0.384. The molecule has 0 amide bonds. The summed E-state index contributed by atoms with van der Waals surface area (Å²) in [5, 5.41) is 10.7. The van der Waals surface area contributed by atoms with E-state index in [9.17, 15) is 26.9 Å². The van der Waals surface area contributed by atoms with E-state index in [1.54, 1.807) is 18.2 Å². The molecule has 0 aromatic heterocycles. The third-order valence-electron chi connectivity index (χ3n) is 4.37. The van der Waals surface area contributed by atoms with Crippen LogP contribution in [0.3, 0.4) is 0 Å². The van der Waals surface area contributed by atoms with Crippen LogP contribution in [0.2, 0.25) is 0 Å². The highest BCUT2D eigenvalue weighted by Crippen LogP contribution is 2.28. The number of nitro benzene ring substituents is 1. The lowest BCUT2D eigenvalue weighted by atomic mass is 10.2. The number of sulfonamides is 2. The fraction of sp³-hybridized carbons (Fsp3) is 0.100. The van der Waals surface area contributed by atoms with Crippen molar-refractivity contribution < 1.29 is 26.5 Å². The lowest BCUT2D eigenvalue weighted by Gasteiger charge is -2.13. The Hall–Kier alpha value is -3.64. The van der Waals surface area contributed by atoms with Crippen LogP contribution < -0.4 is 14.2 Å². The molecule has 0 bridgehead atoms. The molecule has 0 fully saturated rings. The number of benzene rings is 3. The minimum absolute atomic E-state index is 0.0839. The smallest absolute Gasteiger partial charge is 0.269 e. The SMILES string of the molecule is COc1ccc(C)cc1NS(=O)(=O)c1ccc(NS(=O)(=O)c2ccc([N+](=O)[O-])cc2)cc1. The molecule has 0 radical (unpaired) electrons. The molecule has 2 N–H and O–H groups in total. The van der Waals surface area contributed by atoms with Gasteiger partial charge in [0.05, 0.1) is 27.5 Å². The zero-order valence-electron chi connectivity index (χ0n) is 17.0. The Bertz CT molecular complexity index is 1350. The zero-order chi connectivity index (χ0) is 23.5. The zero-order valence-corrected chi connectivity index (χ0v) is 18.6. The van der Waals surface area contributed by atoms with Gasteiger partial charge in [-0.05, 0) is 61.0 Å². The molecule has 3 aromatic carbocycles. The van der Waals surface area contributed by atoms with Gasteiger partial charge >= 0.3 is 0 Å². The van der Waals surface area contributed by atoms with Gasteiger partial charge in [0.2, 0.25) is 0 Å². The standard InChI is InChI=1S/C20H19N3O7S2/c1-14-3-12-20(30-2)19(13-14)22-32(28,29)17-8-4-15(5-9-17)21-31(26,27)18-10-6-16(7-11-18)23(24)25/h3-13,21-22H,1-2H3. The van der Waals surface area contributed by atoms with Crippen LogP contribution in [0, 0.1) is 17.0 Å². The molecule has 3 rings (SSSR count). The molecule has 32 heavy (non-hydrogen) atoms. The highest BCUT2D eigenvalue weighted by Gasteiger charge is 2.19. The number of ether oxygens (including phenoxy) is 1. The molecule has 3 aromatic rings.